The lowest BCUT2D eigenvalue weighted by Gasteiger charge is -2.33. The molecule has 124 valence electrons. The van der Waals surface area contributed by atoms with Gasteiger partial charge in [-0.15, -0.1) is 0 Å². The summed E-state index contributed by atoms with van der Waals surface area (Å²) < 4.78 is 7.39. The molecule has 0 spiro atoms. The van der Waals surface area contributed by atoms with Crippen LogP contribution in [-0.4, -0.2) is 41.2 Å². The first kappa shape index (κ1) is 16.2. The van der Waals surface area contributed by atoms with E-state index in [4.69, 9.17) is 4.74 Å². The first-order valence-corrected chi connectivity index (χ1v) is 8.23. The number of nitrogens with one attached hydrogen (secondary N) is 1. The Labute approximate surface area is 137 Å². The standard InChI is InChI=1S/C18H25N3O2/c1-14(23-2)12-17-16(18(22)8-10-19-11-9-18)13-20-21(17)15-6-4-3-5-7-15/h3-7,13-14,19,22H,8-12H2,1-2H3. The highest BCUT2D eigenvalue weighted by Crippen LogP contribution is 2.34. The van der Waals surface area contributed by atoms with E-state index in [1.165, 1.54) is 0 Å². The molecule has 1 saturated heterocycles. The minimum atomic E-state index is -0.804. The van der Waals surface area contributed by atoms with E-state index in [2.05, 4.69) is 10.4 Å². The van der Waals surface area contributed by atoms with Crippen molar-refractivity contribution in [2.24, 2.45) is 0 Å². The van der Waals surface area contributed by atoms with E-state index in [9.17, 15) is 5.11 Å². The van der Waals surface area contributed by atoms with Crippen molar-refractivity contribution in [3.63, 3.8) is 0 Å². The van der Waals surface area contributed by atoms with E-state index in [1.54, 1.807) is 7.11 Å². The molecule has 1 aromatic carbocycles. The van der Waals surface area contributed by atoms with Crippen LogP contribution in [0, 0.1) is 0 Å². The number of benzene rings is 1. The average molecular weight is 315 g/mol. The predicted molar refractivity (Wildman–Crippen MR) is 89.7 cm³/mol. The molecule has 2 aromatic rings. The van der Waals surface area contributed by atoms with Crippen molar-refractivity contribution in [2.45, 2.75) is 37.9 Å². The fourth-order valence-corrected chi connectivity index (χ4v) is 3.22. The molecule has 3 rings (SSSR count). The van der Waals surface area contributed by atoms with Crippen LogP contribution in [0.15, 0.2) is 36.5 Å². The minimum Gasteiger partial charge on any atom is -0.385 e. The number of rotatable bonds is 5. The second-order valence-electron chi connectivity index (χ2n) is 6.28. The van der Waals surface area contributed by atoms with E-state index in [0.29, 0.717) is 12.8 Å². The van der Waals surface area contributed by atoms with Gasteiger partial charge in [0.05, 0.1) is 29.3 Å². The summed E-state index contributed by atoms with van der Waals surface area (Å²) in [5, 5.41) is 19.0. The third-order valence-electron chi connectivity index (χ3n) is 4.68. The lowest BCUT2D eigenvalue weighted by Crippen LogP contribution is -2.40. The molecule has 2 heterocycles. The van der Waals surface area contributed by atoms with Crippen molar-refractivity contribution in [3.05, 3.63) is 47.8 Å². The van der Waals surface area contributed by atoms with E-state index >= 15 is 0 Å². The number of ether oxygens (including phenoxy) is 1. The smallest absolute Gasteiger partial charge is 0.0954 e. The lowest BCUT2D eigenvalue weighted by atomic mass is 9.84. The number of aromatic nitrogens is 2. The summed E-state index contributed by atoms with van der Waals surface area (Å²) >= 11 is 0. The Morgan fingerprint density at radius 2 is 2.00 bits per heavy atom. The normalized spacial score (nSPS) is 18.7. The first-order valence-electron chi connectivity index (χ1n) is 8.23. The van der Waals surface area contributed by atoms with Gasteiger partial charge in [-0.1, -0.05) is 18.2 Å². The van der Waals surface area contributed by atoms with Crippen LogP contribution in [0.3, 0.4) is 0 Å². The topological polar surface area (TPSA) is 59.3 Å². The maximum Gasteiger partial charge on any atom is 0.0954 e. The van der Waals surface area contributed by atoms with E-state index in [-0.39, 0.29) is 6.10 Å². The molecule has 5 heteroatoms. The molecule has 0 amide bonds. The summed E-state index contributed by atoms with van der Waals surface area (Å²) in [6.45, 7) is 3.69. The van der Waals surface area contributed by atoms with E-state index in [1.807, 2.05) is 48.1 Å². The molecule has 2 N–H and O–H groups in total. The van der Waals surface area contributed by atoms with Crippen LogP contribution in [0.25, 0.3) is 5.69 Å². The molecule has 1 atom stereocenters. The van der Waals surface area contributed by atoms with Crippen LogP contribution in [0.1, 0.15) is 31.0 Å². The fraction of sp³-hybridized carbons (Fsp3) is 0.500. The summed E-state index contributed by atoms with van der Waals surface area (Å²) in [5.74, 6) is 0. The van der Waals surface area contributed by atoms with Crippen LogP contribution in [0.4, 0.5) is 0 Å². The second kappa shape index (κ2) is 6.83. The number of hydrogen-bond acceptors (Lipinski definition) is 4. The average Bonchev–Trinajstić information content (AvgIpc) is 3.00. The number of hydrogen-bond donors (Lipinski definition) is 2. The molecule has 1 unspecified atom stereocenters. The molecular weight excluding hydrogens is 290 g/mol. The highest BCUT2D eigenvalue weighted by Gasteiger charge is 2.35. The van der Waals surface area contributed by atoms with Crippen LogP contribution in [0.5, 0.6) is 0 Å². The molecule has 0 saturated carbocycles. The van der Waals surface area contributed by atoms with Crippen molar-refractivity contribution in [1.82, 2.24) is 15.1 Å². The van der Waals surface area contributed by atoms with Gasteiger partial charge in [0.25, 0.3) is 0 Å². The van der Waals surface area contributed by atoms with Gasteiger partial charge in [-0.25, -0.2) is 4.68 Å². The van der Waals surface area contributed by atoms with Crippen molar-refractivity contribution in [3.8, 4) is 5.69 Å². The van der Waals surface area contributed by atoms with Gasteiger partial charge in [0, 0.05) is 19.1 Å². The van der Waals surface area contributed by atoms with Gasteiger partial charge in [-0.3, -0.25) is 0 Å². The van der Waals surface area contributed by atoms with Gasteiger partial charge < -0.3 is 15.2 Å². The van der Waals surface area contributed by atoms with Crippen molar-refractivity contribution < 1.29 is 9.84 Å². The molecule has 5 nitrogen and oxygen atoms in total. The molecule has 23 heavy (non-hydrogen) atoms. The van der Waals surface area contributed by atoms with Gasteiger partial charge in [-0.2, -0.15) is 5.10 Å². The highest BCUT2D eigenvalue weighted by molar-refractivity contribution is 5.37. The van der Waals surface area contributed by atoms with Crippen molar-refractivity contribution in [2.75, 3.05) is 20.2 Å². The summed E-state index contributed by atoms with van der Waals surface area (Å²) in [5.41, 5.74) is 2.18. The van der Waals surface area contributed by atoms with E-state index in [0.717, 1.165) is 36.5 Å². The van der Waals surface area contributed by atoms with Crippen LogP contribution < -0.4 is 5.32 Å². The summed E-state index contributed by atoms with van der Waals surface area (Å²) in [6, 6.07) is 10.1. The zero-order chi connectivity index (χ0) is 16.3. The minimum absolute atomic E-state index is 0.0678. The number of aliphatic hydroxyl groups is 1. The molecule has 0 radical (unpaired) electrons. The molecule has 0 bridgehead atoms. The first-order chi connectivity index (χ1) is 11.1. The Morgan fingerprint density at radius 3 is 2.65 bits per heavy atom. The van der Waals surface area contributed by atoms with Gasteiger partial charge in [0.15, 0.2) is 0 Å². The monoisotopic (exact) mass is 315 g/mol. The largest absolute Gasteiger partial charge is 0.385 e. The Hall–Kier alpha value is -1.69. The van der Waals surface area contributed by atoms with E-state index < -0.39 is 5.60 Å². The Balaban J connectivity index is 2.04. The number of nitrogens with zero attached hydrogens (tertiary/aromatic N) is 2. The maximum atomic E-state index is 11.1. The third kappa shape index (κ3) is 3.32. The molecule has 1 aromatic heterocycles. The molecular formula is C18H25N3O2. The molecule has 1 aliphatic rings. The molecule has 1 fully saturated rings. The Morgan fingerprint density at radius 1 is 1.30 bits per heavy atom. The predicted octanol–water partition coefficient (Wildman–Crippen LogP) is 2.02. The lowest BCUT2D eigenvalue weighted by molar-refractivity contribution is 0.00447. The Bertz CT molecular complexity index is 633. The maximum absolute atomic E-state index is 11.1. The highest BCUT2D eigenvalue weighted by atomic mass is 16.5. The summed E-state index contributed by atoms with van der Waals surface area (Å²) in [7, 11) is 1.72. The number of methoxy groups -OCH3 is 1. The number of piperidine rings is 1. The molecule has 0 aliphatic carbocycles. The third-order valence-corrected chi connectivity index (χ3v) is 4.68. The van der Waals surface area contributed by atoms with Gasteiger partial charge >= 0.3 is 0 Å². The SMILES string of the molecule is COC(C)Cc1c(C2(O)CCNCC2)cnn1-c1ccccc1. The van der Waals surface area contributed by atoms with Crippen LogP contribution in [0.2, 0.25) is 0 Å². The van der Waals surface area contributed by atoms with Crippen LogP contribution in [-0.2, 0) is 16.8 Å². The molecule has 1 aliphatic heterocycles. The zero-order valence-corrected chi connectivity index (χ0v) is 13.8. The van der Waals surface area contributed by atoms with Gasteiger partial charge in [0.2, 0.25) is 0 Å². The van der Waals surface area contributed by atoms with Crippen molar-refractivity contribution >= 4 is 0 Å². The van der Waals surface area contributed by atoms with Crippen molar-refractivity contribution in [1.29, 1.82) is 0 Å². The van der Waals surface area contributed by atoms with Gasteiger partial charge in [0.1, 0.15) is 0 Å². The summed E-state index contributed by atoms with van der Waals surface area (Å²) in [6.07, 6.45) is 4.04. The number of para-hydroxylation sites is 1. The second-order valence-corrected chi connectivity index (χ2v) is 6.28. The van der Waals surface area contributed by atoms with Crippen LogP contribution >= 0.6 is 0 Å². The van der Waals surface area contributed by atoms with Gasteiger partial charge in [-0.05, 0) is 45.0 Å². The summed E-state index contributed by atoms with van der Waals surface area (Å²) in [4.78, 5) is 0. The zero-order valence-electron chi connectivity index (χ0n) is 13.8. The Kier molecular flexibility index (Phi) is 4.80. The quantitative estimate of drug-likeness (QED) is 0.886. The fourth-order valence-electron chi connectivity index (χ4n) is 3.22.